The third-order valence-electron chi connectivity index (χ3n) is 4.49. The summed E-state index contributed by atoms with van der Waals surface area (Å²) in [4.78, 5) is 36.2. The van der Waals surface area contributed by atoms with Crippen molar-refractivity contribution in [3.05, 3.63) is 59.4 Å². The van der Waals surface area contributed by atoms with Crippen LogP contribution in [0.2, 0.25) is 0 Å². The first kappa shape index (κ1) is 25.9. The fourth-order valence-electron chi connectivity index (χ4n) is 2.96. The number of hydrogen-bond acceptors (Lipinski definition) is 9. The number of allylic oxidation sites excluding steroid dienone is 1. The molecule has 0 spiro atoms. The standard InChI is InChI=1S/C24H26N2O8/c1-14(25)23(15(2)27)18(28)12-34-24(30)16-9-10-20(21(11-16)32-4)33-13-22(29)26-17-7-5-6-8-19(17)31-3/h5-11,25,28H,12-13H2,1-4H3,(H,26,29)/b23-18-,25-14?. The van der Waals surface area contributed by atoms with Gasteiger partial charge in [0.05, 0.1) is 31.0 Å². The molecule has 3 N–H and O–H groups in total. The maximum absolute atomic E-state index is 12.4. The van der Waals surface area contributed by atoms with Gasteiger partial charge < -0.3 is 34.8 Å². The minimum absolute atomic E-state index is 0.0893. The number of esters is 1. The summed E-state index contributed by atoms with van der Waals surface area (Å²) in [6.07, 6.45) is 0. The topological polar surface area (TPSA) is 144 Å². The lowest BCUT2D eigenvalue weighted by Crippen LogP contribution is -2.20. The number of hydrogen-bond donors (Lipinski definition) is 3. The van der Waals surface area contributed by atoms with E-state index in [1.165, 1.54) is 46.3 Å². The van der Waals surface area contributed by atoms with Gasteiger partial charge in [-0.25, -0.2) is 4.79 Å². The number of nitrogens with one attached hydrogen (secondary N) is 2. The number of ether oxygens (including phenoxy) is 4. The molecule has 0 heterocycles. The second-order valence-corrected chi connectivity index (χ2v) is 6.98. The summed E-state index contributed by atoms with van der Waals surface area (Å²) in [5, 5.41) is 20.2. The van der Waals surface area contributed by atoms with Crippen LogP contribution in [0.15, 0.2) is 53.8 Å². The second-order valence-electron chi connectivity index (χ2n) is 6.98. The van der Waals surface area contributed by atoms with Gasteiger partial charge in [-0.2, -0.15) is 0 Å². The molecule has 2 aromatic carbocycles. The third-order valence-corrected chi connectivity index (χ3v) is 4.49. The number of ketones is 1. The Morgan fingerprint density at radius 2 is 1.62 bits per heavy atom. The zero-order valence-corrected chi connectivity index (χ0v) is 19.3. The summed E-state index contributed by atoms with van der Waals surface area (Å²) in [6.45, 7) is 1.64. The van der Waals surface area contributed by atoms with Crippen molar-refractivity contribution in [2.45, 2.75) is 13.8 Å². The summed E-state index contributed by atoms with van der Waals surface area (Å²) in [6, 6.07) is 11.1. The number of methoxy groups -OCH3 is 2. The Balaban J connectivity index is 2.04. The number of amides is 1. The van der Waals surface area contributed by atoms with Gasteiger partial charge in [0.1, 0.15) is 18.1 Å². The van der Waals surface area contributed by atoms with E-state index in [-0.39, 0.29) is 35.0 Å². The maximum Gasteiger partial charge on any atom is 0.338 e. The van der Waals surface area contributed by atoms with E-state index in [2.05, 4.69) is 5.32 Å². The second kappa shape index (κ2) is 12.0. The van der Waals surface area contributed by atoms with E-state index in [1.807, 2.05) is 0 Å². The largest absolute Gasteiger partial charge is 0.508 e. The number of aliphatic hydroxyl groups is 1. The first-order valence-electron chi connectivity index (χ1n) is 10.1. The van der Waals surface area contributed by atoms with E-state index in [9.17, 15) is 19.5 Å². The Morgan fingerprint density at radius 3 is 2.24 bits per heavy atom. The van der Waals surface area contributed by atoms with Gasteiger partial charge >= 0.3 is 5.97 Å². The Morgan fingerprint density at radius 1 is 0.941 bits per heavy atom. The molecule has 0 radical (unpaired) electrons. The van der Waals surface area contributed by atoms with Crippen molar-refractivity contribution < 1.29 is 38.4 Å². The smallest absolute Gasteiger partial charge is 0.338 e. The SMILES string of the molecule is COc1ccccc1NC(=O)COc1ccc(C(=O)OC/C(O)=C(\C(C)=N)C(C)=O)cc1OC. The summed E-state index contributed by atoms with van der Waals surface area (Å²) >= 11 is 0. The van der Waals surface area contributed by atoms with Crippen molar-refractivity contribution >= 4 is 29.1 Å². The molecule has 0 unspecified atom stereocenters. The number of Topliss-reactive ketones (excluding diaryl/α,β-unsaturated/α-hetero) is 1. The van der Waals surface area contributed by atoms with Crippen LogP contribution in [0.3, 0.4) is 0 Å². The highest BCUT2D eigenvalue weighted by Gasteiger charge is 2.18. The lowest BCUT2D eigenvalue weighted by molar-refractivity contribution is -0.118. The van der Waals surface area contributed by atoms with Gasteiger partial charge in [0, 0.05) is 5.71 Å². The molecule has 34 heavy (non-hydrogen) atoms. The average Bonchev–Trinajstić information content (AvgIpc) is 2.80. The van der Waals surface area contributed by atoms with Crippen LogP contribution in [0.4, 0.5) is 5.69 Å². The number of rotatable bonds is 11. The Labute approximate surface area is 196 Å². The molecule has 0 aromatic heterocycles. The van der Waals surface area contributed by atoms with Crippen molar-refractivity contribution in [2.24, 2.45) is 0 Å². The van der Waals surface area contributed by atoms with E-state index in [4.69, 9.17) is 24.4 Å². The molecule has 2 aromatic rings. The number of carbonyl (C=O) groups is 3. The van der Waals surface area contributed by atoms with Crippen LogP contribution < -0.4 is 19.5 Å². The van der Waals surface area contributed by atoms with Gasteiger partial charge in [-0.15, -0.1) is 0 Å². The van der Waals surface area contributed by atoms with Crippen LogP contribution in [0.25, 0.3) is 0 Å². The van der Waals surface area contributed by atoms with Gasteiger partial charge in [0.25, 0.3) is 5.91 Å². The fraction of sp³-hybridized carbons (Fsp3) is 0.250. The van der Waals surface area contributed by atoms with Crippen molar-refractivity contribution in [3.8, 4) is 17.2 Å². The van der Waals surface area contributed by atoms with Crippen LogP contribution >= 0.6 is 0 Å². The van der Waals surface area contributed by atoms with E-state index >= 15 is 0 Å². The molecule has 0 saturated heterocycles. The van der Waals surface area contributed by atoms with Gasteiger partial charge in [0.2, 0.25) is 0 Å². The summed E-state index contributed by atoms with van der Waals surface area (Å²) < 4.78 is 21.0. The van der Waals surface area contributed by atoms with E-state index < -0.39 is 30.0 Å². The van der Waals surface area contributed by atoms with Crippen LogP contribution in [-0.2, 0) is 14.3 Å². The number of carbonyl (C=O) groups excluding carboxylic acids is 3. The maximum atomic E-state index is 12.4. The van der Waals surface area contributed by atoms with Crippen molar-refractivity contribution in [2.75, 3.05) is 32.8 Å². The molecule has 0 bridgehead atoms. The van der Waals surface area contributed by atoms with Crippen LogP contribution in [0.1, 0.15) is 24.2 Å². The molecular formula is C24H26N2O8. The van der Waals surface area contributed by atoms with Crippen LogP contribution in [0, 0.1) is 5.41 Å². The van der Waals surface area contributed by atoms with Gasteiger partial charge in [0.15, 0.2) is 23.9 Å². The minimum Gasteiger partial charge on any atom is -0.508 e. The zero-order chi connectivity index (χ0) is 25.3. The zero-order valence-electron chi connectivity index (χ0n) is 19.3. The molecule has 2 rings (SSSR count). The molecule has 0 saturated carbocycles. The highest BCUT2D eigenvalue weighted by atomic mass is 16.5. The molecule has 180 valence electrons. The third kappa shape index (κ3) is 6.83. The lowest BCUT2D eigenvalue weighted by atomic mass is 10.1. The van der Waals surface area contributed by atoms with E-state index in [1.54, 1.807) is 24.3 Å². The number of anilines is 1. The van der Waals surface area contributed by atoms with Gasteiger partial charge in [-0.1, -0.05) is 12.1 Å². The first-order chi connectivity index (χ1) is 16.2. The Kier molecular flexibility index (Phi) is 9.18. The van der Waals surface area contributed by atoms with Gasteiger partial charge in [-0.3, -0.25) is 9.59 Å². The number of benzene rings is 2. The summed E-state index contributed by atoms with van der Waals surface area (Å²) in [5.74, 6) is -1.35. The van der Waals surface area contributed by atoms with Crippen molar-refractivity contribution in [3.63, 3.8) is 0 Å². The minimum atomic E-state index is -0.796. The molecule has 0 fully saturated rings. The number of aliphatic hydroxyl groups excluding tert-OH is 1. The monoisotopic (exact) mass is 470 g/mol. The lowest BCUT2D eigenvalue weighted by Gasteiger charge is -2.13. The summed E-state index contributed by atoms with van der Waals surface area (Å²) in [7, 11) is 2.86. The van der Waals surface area contributed by atoms with E-state index in [0.717, 1.165) is 0 Å². The van der Waals surface area contributed by atoms with Crippen molar-refractivity contribution in [1.82, 2.24) is 0 Å². The molecular weight excluding hydrogens is 444 g/mol. The molecule has 1 amide bonds. The Hall–Kier alpha value is -4.34. The average molecular weight is 470 g/mol. The highest BCUT2D eigenvalue weighted by Crippen LogP contribution is 2.29. The van der Waals surface area contributed by atoms with Crippen LogP contribution in [-0.4, -0.2) is 55.9 Å². The first-order valence-corrected chi connectivity index (χ1v) is 10.1. The molecule has 0 aliphatic rings. The predicted molar refractivity (Wildman–Crippen MR) is 124 cm³/mol. The highest BCUT2D eigenvalue weighted by molar-refractivity contribution is 6.20. The van der Waals surface area contributed by atoms with Crippen molar-refractivity contribution in [1.29, 1.82) is 5.41 Å². The Bertz CT molecular complexity index is 1110. The quantitative estimate of drug-likeness (QED) is 0.196. The predicted octanol–water partition coefficient (Wildman–Crippen LogP) is 3.32. The van der Waals surface area contributed by atoms with E-state index in [0.29, 0.717) is 11.4 Å². The fourth-order valence-corrected chi connectivity index (χ4v) is 2.96. The van der Waals surface area contributed by atoms with Gasteiger partial charge in [-0.05, 0) is 44.2 Å². The summed E-state index contributed by atoms with van der Waals surface area (Å²) in [5.41, 5.74) is 0.234. The normalized spacial score (nSPS) is 11.1. The molecule has 10 nitrogen and oxygen atoms in total. The molecule has 0 aliphatic carbocycles. The van der Waals surface area contributed by atoms with Crippen LogP contribution in [0.5, 0.6) is 17.2 Å². The number of para-hydroxylation sites is 2. The molecule has 10 heteroatoms. The molecule has 0 atom stereocenters. The molecule has 0 aliphatic heterocycles.